The normalized spacial score (nSPS) is 26.9. The van der Waals surface area contributed by atoms with Gasteiger partial charge >= 0.3 is 6.03 Å². The van der Waals surface area contributed by atoms with E-state index in [1.54, 1.807) is 14.2 Å². The summed E-state index contributed by atoms with van der Waals surface area (Å²) < 4.78 is 5.46. The molecule has 1 heterocycles. The van der Waals surface area contributed by atoms with Crippen LogP contribution in [0.3, 0.4) is 0 Å². The molecule has 6 nitrogen and oxygen atoms in total. The van der Waals surface area contributed by atoms with Gasteiger partial charge < -0.3 is 9.64 Å². The fraction of sp³-hybridized carbons (Fsp3) is 0.533. The zero-order valence-corrected chi connectivity index (χ0v) is 22.2. The van der Waals surface area contributed by atoms with Gasteiger partial charge in [0.15, 0.2) is 0 Å². The van der Waals surface area contributed by atoms with Crippen LogP contribution >= 0.6 is 0 Å². The standard InChI is InChI=1S/C30H40N4O2/c1-31-20-24-19-26(36-4)13-14-27(24)33-22-29(34(28(33)35)21-23-9-8-10-23)15-17-30(18-16-29,32(2)3)25-11-6-5-7-12-25/h5-7,11-14,19-20,23H,8-10,15-18,21-22H2,1-4H3/b31-20-/t29-,30+. The van der Waals surface area contributed by atoms with Crippen molar-refractivity contribution in [3.63, 3.8) is 0 Å². The molecule has 0 radical (unpaired) electrons. The number of nitrogens with zero attached hydrogens (tertiary/aromatic N) is 4. The first-order chi connectivity index (χ1) is 17.4. The maximum absolute atomic E-state index is 14.1. The lowest BCUT2D eigenvalue weighted by molar-refractivity contribution is 0.0172. The van der Waals surface area contributed by atoms with Crippen LogP contribution in [0.25, 0.3) is 0 Å². The van der Waals surface area contributed by atoms with Gasteiger partial charge in [-0.3, -0.25) is 14.8 Å². The Morgan fingerprint density at radius 2 is 1.81 bits per heavy atom. The summed E-state index contributed by atoms with van der Waals surface area (Å²) in [5.41, 5.74) is 3.10. The molecule has 6 heteroatoms. The highest BCUT2D eigenvalue weighted by Gasteiger charge is 2.55. The van der Waals surface area contributed by atoms with Crippen molar-refractivity contribution in [3.05, 3.63) is 59.7 Å². The van der Waals surface area contributed by atoms with E-state index >= 15 is 0 Å². The van der Waals surface area contributed by atoms with Gasteiger partial charge in [0.1, 0.15) is 5.75 Å². The summed E-state index contributed by atoms with van der Waals surface area (Å²) in [6, 6.07) is 17.0. The Balaban J connectivity index is 1.48. The molecule has 2 aliphatic carbocycles. The first-order valence-corrected chi connectivity index (χ1v) is 13.3. The lowest BCUT2D eigenvalue weighted by Gasteiger charge is -2.51. The molecule has 2 aromatic rings. The fourth-order valence-electron chi connectivity index (χ4n) is 6.64. The minimum atomic E-state index is -0.137. The zero-order chi connectivity index (χ0) is 25.3. The molecule has 1 spiro atoms. The third kappa shape index (κ3) is 4.19. The molecule has 1 aliphatic heterocycles. The monoisotopic (exact) mass is 488 g/mol. The van der Waals surface area contributed by atoms with Crippen molar-refractivity contribution >= 4 is 17.9 Å². The third-order valence-corrected chi connectivity index (χ3v) is 9.12. The summed E-state index contributed by atoms with van der Waals surface area (Å²) in [5, 5.41) is 0. The second-order valence-electron chi connectivity index (χ2n) is 11.1. The van der Waals surface area contributed by atoms with Crippen molar-refractivity contribution < 1.29 is 9.53 Å². The summed E-state index contributed by atoms with van der Waals surface area (Å²) in [6.07, 6.45) is 9.68. The number of carbonyl (C=O) groups is 1. The summed E-state index contributed by atoms with van der Waals surface area (Å²) in [6.45, 7) is 1.61. The summed E-state index contributed by atoms with van der Waals surface area (Å²) >= 11 is 0. The summed E-state index contributed by atoms with van der Waals surface area (Å²) in [7, 11) is 7.85. The molecule has 36 heavy (non-hydrogen) atoms. The fourth-order valence-corrected chi connectivity index (χ4v) is 6.64. The molecule has 2 aromatic carbocycles. The minimum absolute atomic E-state index is 0.00522. The molecule has 5 rings (SSSR count). The van der Waals surface area contributed by atoms with E-state index in [1.165, 1.54) is 24.8 Å². The molecule has 0 N–H and O–H groups in total. The number of hydrogen-bond donors (Lipinski definition) is 0. The van der Waals surface area contributed by atoms with Gasteiger partial charge in [-0.1, -0.05) is 36.8 Å². The van der Waals surface area contributed by atoms with Gasteiger partial charge in [-0.05, 0) is 82.3 Å². The van der Waals surface area contributed by atoms with Crippen LogP contribution in [0.5, 0.6) is 5.75 Å². The van der Waals surface area contributed by atoms with Crippen molar-refractivity contribution in [1.82, 2.24) is 9.80 Å². The summed E-state index contributed by atoms with van der Waals surface area (Å²) in [4.78, 5) is 25.0. The van der Waals surface area contributed by atoms with Crippen LogP contribution in [0.4, 0.5) is 10.5 Å². The minimum Gasteiger partial charge on any atom is -0.497 e. The highest BCUT2D eigenvalue weighted by atomic mass is 16.5. The largest absolute Gasteiger partial charge is 0.497 e. The number of benzene rings is 2. The predicted octanol–water partition coefficient (Wildman–Crippen LogP) is 5.56. The third-order valence-electron chi connectivity index (χ3n) is 9.12. The van der Waals surface area contributed by atoms with Crippen molar-refractivity contribution in [3.8, 4) is 5.75 Å². The number of anilines is 1. The van der Waals surface area contributed by atoms with E-state index in [2.05, 4.69) is 59.2 Å². The number of urea groups is 1. The van der Waals surface area contributed by atoms with E-state index in [0.717, 1.165) is 55.8 Å². The van der Waals surface area contributed by atoms with Crippen molar-refractivity contribution in [2.45, 2.75) is 56.0 Å². The number of rotatable bonds is 7. The Kier molecular flexibility index (Phi) is 6.82. The van der Waals surface area contributed by atoms with Gasteiger partial charge in [-0.15, -0.1) is 0 Å². The van der Waals surface area contributed by atoms with Gasteiger partial charge in [-0.2, -0.15) is 0 Å². The van der Waals surface area contributed by atoms with Crippen LogP contribution in [0, 0.1) is 5.92 Å². The zero-order valence-electron chi connectivity index (χ0n) is 22.2. The number of ether oxygens (including phenoxy) is 1. The number of methoxy groups -OCH3 is 1. The van der Waals surface area contributed by atoms with E-state index in [4.69, 9.17) is 4.74 Å². The SMILES string of the molecule is C/N=C\c1cc(OC)ccc1N1C[C@]2(CC[C@](c3ccccc3)(N(C)C)CC2)N(CC2CCC2)C1=O. The molecule has 2 saturated carbocycles. The maximum Gasteiger partial charge on any atom is 0.325 e. The molecule has 0 atom stereocenters. The van der Waals surface area contributed by atoms with Crippen molar-refractivity contribution in [2.75, 3.05) is 46.2 Å². The molecular weight excluding hydrogens is 448 g/mol. The Morgan fingerprint density at radius 1 is 1.08 bits per heavy atom. The first kappa shape index (κ1) is 24.8. The van der Waals surface area contributed by atoms with Crippen LogP contribution < -0.4 is 9.64 Å². The number of aliphatic imine (C=N–C) groups is 1. The molecular formula is C30H40N4O2. The van der Waals surface area contributed by atoms with Crippen LogP contribution in [0.1, 0.15) is 56.1 Å². The number of carbonyl (C=O) groups excluding carboxylic acids is 1. The van der Waals surface area contributed by atoms with E-state index < -0.39 is 0 Å². The van der Waals surface area contributed by atoms with E-state index in [1.807, 2.05) is 29.3 Å². The highest BCUT2D eigenvalue weighted by molar-refractivity contribution is 6.01. The average molecular weight is 489 g/mol. The molecule has 2 amide bonds. The van der Waals surface area contributed by atoms with Crippen molar-refractivity contribution in [2.24, 2.45) is 10.9 Å². The molecule has 3 fully saturated rings. The van der Waals surface area contributed by atoms with Gasteiger partial charge in [0.25, 0.3) is 0 Å². The molecule has 3 aliphatic rings. The van der Waals surface area contributed by atoms with Crippen LogP contribution in [0.2, 0.25) is 0 Å². The average Bonchev–Trinajstić information content (AvgIpc) is 3.13. The van der Waals surface area contributed by atoms with E-state index in [9.17, 15) is 4.79 Å². The Labute approximate surface area is 215 Å². The van der Waals surface area contributed by atoms with Gasteiger partial charge in [0, 0.05) is 30.9 Å². The second kappa shape index (κ2) is 9.89. The topological polar surface area (TPSA) is 48.4 Å². The Hall–Kier alpha value is -2.86. The Bertz CT molecular complexity index is 1100. The lowest BCUT2D eigenvalue weighted by atomic mass is 9.68. The molecule has 1 saturated heterocycles. The summed E-state index contributed by atoms with van der Waals surface area (Å²) in [5.74, 6) is 1.41. The quantitative estimate of drug-likeness (QED) is 0.480. The van der Waals surface area contributed by atoms with Gasteiger partial charge in [-0.25, -0.2) is 4.79 Å². The van der Waals surface area contributed by atoms with E-state index in [0.29, 0.717) is 5.92 Å². The smallest absolute Gasteiger partial charge is 0.325 e. The highest BCUT2D eigenvalue weighted by Crippen LogP contribution is 2.50. The lowest BCUT2D eigenvalue weighted by Crippen LogP contribution is -2.56. The molecule has 0 unspecified atom stereocenters. The van der Waals surface area contributed by atoms with Crippen LogP contribution in [-0.4, -0.2) is 68.9 Å². The first-order valence-electron chi connectivity index (χ1n) is 13.3. The van der Waals surface area contributed by atoms with Crippen LogP contribution in [0.15, 0.2) is 53.5 Å². The maximum atomic E-state index is 14.1. The number of hydrogen-bond acceptors (Lipinski definition) is 4. The van der Waals surface area contributed by atoms with Gasteiger partial charge in [0.05, 0.1) is 24.9 Å². The van der Waals surface area contributed by atoms with Crippen molar-refractivity contribution in [1.29, 1.82) is 0 Å². The molecule has 0 bridgehead atoms. The van der Waals surface area contributed by atoms with Gasteiger partial charge in [0.2, 0.25) is 0 Å². The van der Waals surface area contributed by atoms with Crippen LogP contribution in [-0.2, 0) is 5.54 Å². The Morgan fingerprint density at radius 3 is 2.39 bits per heavy atom. The predicted molar refractivity (Wildman–Crippen MR) is 146 cm³/mol. The molecule has 192 valence electrons. The second-order valence-corrected chi connectivity index (χ2v) is 11.1. The molecule has 0 aromatic heterocycles. The van der Waals surface area contributed by atoms with E-state index in [-0.39, 0.29) is 17.1 Å². The number of amides is 2.